The number of aromatic nitrogens is 2. The van der Waals surface area contributed by atoms with Crippen LogP contribution in [0.2, 0.25) is 0 Å². The van der Waals surface area contributed by atoms with Crippen LogP contribution in [0.25, 0.3) is 16.9 Å². The third kappa shape index (κ3) is 4.51. The number of carbonyl (C=O) groups excluding carboxylic acids is 1. The number of hydrogen-bond acceptors (Lipinski definition) is 4. The molecule has 32 heavy (non-hydrogen) atoms. The van der Waals surface area contributed by atoms with Gasteiger partial charge in [0.1, 0.15) is 17.3 Å². The van der Waals surface area contributed by atoms with Crippen molar-refractivity contribution in [3.8, 4) is 16.9 Å². The van der Waals surface area contributed by atoms with E-state index in [0.717, 1.165) is 0 Å². The number of benzene rings is 3. The van der Waals surface area contributed by atoms with Crippen LogP contribution in [0, 0.1) is 21.7 Å². The van der Waals surface area contributed by atoms with Crippen molar-refractivity contribution in [3.05, 3.63) is 112 Å². The van der Waals surface area contributed by atoms with Gasteiger partial charge < -0.3 is 5.32 Å². The van der Waals surface area contributed by atoms with Gasteiger partial charge in [0, 0.05) is 24.2 Å². The number of halogens is 2. The molecular formula is C23H16F2N4O3. The number of nitrogens with one attached hydrogen (secondary N) is 1. The molecule has 0 saturated carbocycles. The van der Waals surface area contributed by atoms with E-state index in [9.17, 15) is 23.7 Å². The van der Waals surface area contributed by atoms with Crippen LogP contribution < -0.4 is 5.32 Å². The summed E-state index contributed by atoms with van der Waals surface area (Å²) in [4.78, 5) is 23.6. The Balaban J connectivity index is 1.71. The summed E-state index contributed by atoms with van der Waals surface area (Å²) < 4.78 is 27.7. The van der Waals surface area contributed by atoms with Gasteiger partial charge in [-0.1, -0.05) is 18.2 Å². The molecule has 1 amide bonds. The molecule has 4 aromatic rings. The lowest BCUT2D eigenvalue weighted by atomic mass is 10.1. The summed E-state index contributed by atoms with van der Waals surface area (Å²) in [5.41, 5.74) is 1.96. The number of amides is 1. The summed E-state index contributed by atoms with van der Waals surface area (Å²) >= 11 is 0. The van der Waals surface area contributed by atoms with Gasteiger partial charge in [0.2, 0.25) is 0 Å². The van der Waals surface area contributed by atoms with Crippen molar-refractivity contribution in [1.82, 2.24) is 15.1 Å². The third-order valence-electron chi connectivity index (χ3n) is 4.73. The lowest BCUT2D eigenvalue weighted by Gasteiger charge is -2.08. The van der Waals surface area contributed by atoms with E-state index in [1.165, 1.54) is 65.3 Å². The molecule has 4 rings (SSSR count). The van der Waals surface area contributed by atoms with Crippen molar-refractivity contribution < 1.29 is 18.5 Å². The molecule has 1 N–H and O–H groups in total. The van der Waals surface area contributed by atoms with E-state index in [1.54, 1.807) is 18.2 Å². The van der Waals surface area contributed by atoms with E-state index in [1.807, 2.05) is 0 Å². The van der Waals surface area contributed by atoms with Gasteiger partial charge in [-0.2, -0.15) is 5.10 Å². The summed E-state index contributed by atoms with van der Waals surface area (Å²) in [6.07, 6.45) is 0. The Kier molecular flexibility index (Phi) is 5.71. The van der Waals surface area contributed by atoms with E-state index >= 15 is 0 Å². The molecule has 0 fully saturated rings. The highest BCUT2D eigenvalue weighted by atomic mass is 19.1. The first kappa shape index (κ1) is 20.9. The topological polar surface area (TPSA) is 90.1 Å². The van der Waals surface area contributed by atoms with Crippen LogP contribution >= 0.6 is 0 Å². The minimum atomic E-state index is -0.540. The second kappa shape index (κ2) is 8.76. The lowest BCUT2D eigenvalue weighted by molar-refractivity contribution is -0.384. The fourth-order valence-corrected chi connectivity index (χ4v) is 3.11. The molecule has 0 aliphatic carbocycles. The second-order valence-electron chi connectivity index (χ2n) is 6.92. The van der Waals surface area contributed by atoms with Gasteiger partial charge in [0.15, 0.2) is 0 Å². The summed E-state index contributed by atoms with van der Waals surface area (Å²) in [5.74, 6) is -1.28. The quantitative estimate of drug-likeness (QED) is 0.353. The smallest absolute Gasteiger partial charge is 0.271 e. The second-order valence-corrected chi connectivity index (χ2v) is 6.92. The number of non-ortho nitro benzene ring substituents is 1. The van der Waals surface area contributed by atoms with E-state index < -0.39 is 16.6 Å². The van der Waals surface area contributed by atoms with Gasteiger partial charge in [-0.25, -0.2) is 13.5 Å². The molecule has 160 valence electrons. The molecule has 0 saturated heterocycles. The molecule has 9 heteroatoms. The molecule has 0 spiro atoms. The highest BCUT2D eigenvalue weighted by molar-refractivity contribution is 5.94. The van der Waals surface area contributed by atoms with Gasteiger partial charge >= 0.3 is 0 Å². The van der Waals surface area contributed by atoms with Gasteiger partial charge in [0.25, 0.3) is 11.6 Å². The fraction of sp³-hybridized carbons (Fsp3) is 0.0435. The van der Waals surface area contributed by atoms with E-state index in [2.05, 4.69) is 10.4 Å². The van der Waals surface area contributed by atoms with Gasteiger partial charge in [0.05, 0.1) is 16.3 Å². The molecule has 0 unspecified atom stereocenters. The first-order valence-electron chi connectivity index (χ1n) is 9.54. The number of nitrogens with zero attached hydrogens (tertiary/aromatic N) is 3. The van der Waals surface area contributed by atoms with E-state index in [0.29, 0.717) is 22.5 Å². The predicted octanol–water partition coefficient (Wildman–Crippen LogP) is 4.66. The summed E-state index contributed by atoms with van der Waals surface area (Å²) in [6.45, 7) is 0.144. The van der Waals surface area contributed by atoms with Crippen molar-refractivity contribution >= 4 is 11.6 Å². The van der Waals surface area contributed by atoms with Crippen LogP contribution in [0.4, 0.5) is 14.5 Å². The Morgan fingerprint density at radius 3 is 2.28 bits per heavy atom. The largest absolute Gasteiger partial charge is 0.347 e. The highest BCUT2D eigenvalue weighted by Crippen LogP contribution is 2.24. The van der Waals surface area contributed by atoms with Crippen molar-refractivity contribution in [3.63, 3.8) is 0 Å². The predicted molar refractivity (Wildman–Crippen MR) is 113 cm³/mol. The maximum Gasteiger partial charge on any atom is 0.271 e. The maximum atomic E-state index is 13.3. The van der Waals surface area contributed by atoms with Crippen LogP contribution in [0.3, 0.4) is 0 Å². The molecule has 0 atom stereocenters. The Hall–Kier alpha value is -4.40. The summed E-state index contributed by atoms with van der Waals surface area (Å²) in [6, 6.07) is 18.5. The van der Waals surface area contributed by atoms with Crippen molar-refractivity contribution in [2.75, 3.05) is 0 Å². The number of rotatable bonds is 6. The minimum Gasteiger partial charge on any atom is -0.347 e. The molecule has 0 radical (unpaired) electrons. The molecule has 7 nitrogen and oxygen atoms in total. The van der Waals surface area contributed by atoms with Crippen LogP contribution in [0.5, 0.6) is 0 Å². The zero-order chi connectivity index (χ0) is 22.7. The van der Waals surface area contributed by atoms with Crippen molar-refractivity contribution in [1.29, 1.82) is 0 Å². The molecule has 1 aromatic heterocycles. The number of nitro benzene ring substituents is 1. The molecule has 1 heterocycles. The van der Waals surface area contributed by atoms with Crippen LogP contribution in [0.15, 0.2) is 78.9 Å². The fourth-order valence-electron chi connectivity index (χ4n) is 3.11. The van der Waals surface area contributed by atoms with Crippen molar-refractivity contribution in [2.45, 2.75) is 6.54 Å². The lowest BCUT2D eigenvalue weighted by Crippen LogP contribution is -2.25. The number of hydrogen-bond donors (Lipinski definition) is 1. The van der Waals surface area contributed by atoms with Gasteiger partial charge in [-0.3, -0.25) is 14.9 Å². The van der Waals surface area contributed by atoms with Gasteiger partial charge in [-0.15, -0.1) is 0 Å². The first-order valence-corrected chi connectivity index (χ1v) is 9.54. The molecular weight excluding hydrogens is 418 g/mol. The van der Waals surface area contributed by atoms with Crippen LogP contribution in [-0.4, -0.2) is 20.6 Å². The monoisotopic (exact) mass is 434 g/mol. The van der Waals surface area contributed by atoms with E-state index in [4.69, 9.17) is 0 Å². The van der Waals surface area contributed by atoms with Crippen LogP contribution in [-0.2, 0) is 6.54 Å². The zero-order valence-corrected chi connectivity index (χ0v) is 16.5. The number of nitro groups is 1. The van der Waals surface area contributed by atoms with E-state index in [-0.39, 0.29) is 23.7 Å². The average Bonchev–Trinajstić information content (AvgIpc) is 3.25. The van der Waals surface area contributed by atoms with Crippen LogP contribution in [0.1, 0.15) is 16.1 Å². The molecule has 0 bridgehead atoms. The molecule has 0 aliphatic rings. The maximum absolute atomic E-state index is 13.3. The number of carbonyl (C=O) groups is 1. The average molecular weight is 434 g/mol. The first-order chi connectivity index (χ1) is 15.4. The zero-order valence-electron chi connectivity index (χ0n) is 16.5. The molecule has 0 aliphatic heterocycles. The van der Waals surface area contributed by atoms with Crippen molar-refractivity contribution in [2.24, 2.45) is 0 Å². The Labute approximate surface area is 181 Å². The normalized spacial score (nSPS) is 10.7. The minimum absolute atomic E-state index is 0.131. The SMILES string of the molecule is O=C(NCc1ccc(F)cc1)c1cc(-c2ccc(F)cc2)nn1-c1cccc([N+](=O)[O-])c1. The highest BCUT2D eigenvalue weighted by Gasteiger charge is 2.19. The summed E-state index contributed by atoms with van der Waals surface area (Å²) in [7, 11) is 0. The van der Waals surface area contributed by atoms with Gasteiger partial charge in [-0.05, 0) is 54.1 Å². The summed E-state index contributed by atoms with van der Waals surface area (Å²) in [5, 5.41) is 18.3. The Morgan fingerprint density at radius 1 is 0.969 bits per heavy atom. The molecule has 3 aromatic carbocycles. The third-order valence-corrected chi connectivity index (χ3v) is 4.73. The Morgan fingerprint density at radius 2 is 1.62 bits per heavy atom. The Bertz CT molecular complexity index is 1290. The standard InChI is InChI=1S/C23H16F2N4O3/c24-17-8-4-15(5-9-17)14-26-23(30)22-13-21(16-6-10-18(25)11-7-16)27-28(22)19-2-1-3-20(12-19)29(31)32/h1-13H,14H2,(H,26,30).